The van der Waals surface area contributed by atoms with E-state index >= 15 is 0 Å². The molecule has 3 aromatic rings. The number of carbonyl (C=O) groups excluding carboxylic acids is 1. The van der Waals surface area contributed by atoms with Crippen LogP contribution in [0.4, 0.5) is 5.69 Å². The smallest absolute Gasteiger partial charge is 0.264 e. The van der Waals surface area contributed by atoms with Gasteiger partial charge in [-0.25, -0.2) is 8.42 Å². The Kier molecular flexibility index (Phi) is 7.03. The number of nitrogens with one attached hydrogen (secondary N) is 1. The molecule has 162 valence electrons. The van der Waals surface area contributed by atoms with Crippen LogP contribution < -0.4 is 9.62 Å². The Balaban J connectivity index is 2.00. The van der Waals surface area contributed by atoms with Gasteiger partial charge in [-0.05, 0) is 68.3 Å². The second-order valence-corrected chi connectivity index (χ2v) is 9.88. The van der Waals surface area contributed by atoms with Crippen LogP contribution in [0.15, 0.2) is 77.7 Å². The molecule has 0 unspecified atom stereocenters. The molecule has 7 heteroatoms. The minimum atomic E-state index is -3.84. The van der Waals surface area contributed by atoms with Crippen molar-refractivity contribution in [2.45, 2.75) is 38.3 Å². The predicted octanol–water partition coefficient (Wildman–Crippen LogP) is 5.18. The first-order chi connectivity index (χ1) is 14.7. The summed E-state index contributed by atoms with van der Waals surface area (Å²) in [5.74, 6) is -0.166. The van der Waals surface area contributed by atoms with Crippen LogP contribution in [0.1, 0.15) is 35.3 Å². The fourth-order valence-electron chi connectivity index (χ4n) is 3.14. The Bertz CT molecular complexity index is 1160. The van der Waals surface area contributed by atoms with Gasteiger partial charge in [0.25, 0.3) is 15.9 Å². The van der Waals surface area contributed by atoms with Gasteiger partial charge >= 0.3 is 0 Å². The maximum Gasteiger partial charge on any atom is 0.264 e. The van der Waals surface area contributed by atoms with Crippen LogP contribution in [0.3, 0.4) is 0 Å². The molecular formula is C24H25ClN2O3S. The Labute approximate surface area is 188 Å². The highest BCUT2D eigenvalue weighted by atomic mass is 35.5. The molecule has 31 heavy (non-hydrogen) atoms. The summed E-state index contributed by atoms with van der Waals surface area (Å²) in [4.78, 5) is 12.4. The van der Waals surface area contributed by atoms with Crippen molar-refractivity contribution in [1.82, 2.24) is 5.32 Å². The minimum absolute atomic E-state index is 0.0319. The lowest BCUT2D eigenvalue weighted by atomic mass is 10.1. The molecule has 0 bridgehead atoms. The molecule has 0 aliphatic heterocycles. The molecule has 3 aromatic carbocycles. The van der Waals surface area contributed by atoms with Gasteiger partial charge in [0.1, 0.15) is 0 Å². The lowest BCUT2D eigenvalue weighted by Crippen LogP contribution is -2.31. The standard InChI is InChI=1S/C24H25ClN2O3S/c1-17(2)26-24(28)20-12-10-19(11-13-20)16-27(23-15-21(25)14-9-18(23)3)31(29,30)22-7-5-4-6-8-22/h4-15,17H,16H2,1-3H3,(H,26,28). The summed E-state index contributed by atoms with van der Waals surface area (Å²) in [7, 11) is -3.84. The summed E-state index contributed by atoms with van der Waals surface area (Å²) in [5.41, 5.74) is 2.57. The van der Waals surface area contributed by atoms with E-state index in [9.17, 15) is 13.2 Å². The van der Waals surface area contributed by atoms with Gasteiger partial charge in [-0.1, -0.05) is 48.0 Å². The molecule has 1 N–H and O–H groups in total. The first kappa shape index (κ1) is 22.8. The number of hydrogen-bond donors (Lipinski definition) is 1. The van der Waals surface area contributed by atoms with E-state index in [1.807, 2.05) is 20.8 Å². The molecule has 0 heterocycles. The van der Waals surface area contributed by atoms with E-state index in [-0.39, 0.29) is 23.4 Å². The fourth-order valence-corrected chi connectivity index (χ4v) is 4.84. The number of nitrogens with zero attached hydrogens (tertiary/aromatic N) is 1. The third kappa shape index (κ3) is 5.46. The molecule has 0 aliphatic carbocycles. The number of rotatable bonds is 7. The van der Waals surface area contributed by atoms with Crippen molar-refractivity contribution in [3.05, 3.63) is 94.5 Å². The first-order valence-corrected chi connectivity index (χ1v) is 11.7. The van der Waals surface area contributed by atoms with Gasteiger partial charge in [0.2, 0.25) is 0 Å². The van der Waals surface area contributed by atoms with Crippen LogP contribution in [0, 0.1) is 6.92 Å². The molecule has 0 fully saturated rings. The van der Waals surface area contributed by atoms with Crippen molar-refractivity contribution in [1.29, 1.82) is 0 Å². The van der Waals surface area contributed by atoms with E-state index in [0.29, 0.717) is 16.3 Å². The van der Waals surface area contributed by atoms with Crippen LogP contribution in [0.25, 0.3) is 0 Å². The minimum Gasteiger partial charge on any atom is -0.350 e. The van der Waals surface area contributed by atoms with Gasteiger partial charge in [0.05, 0.1) is 17.1 Å². The predicted molar refractivity (Wildman–Crippen MR) is 125 cm³/mol. The third-order valence-corrected chi connectivity index (χ3v) is 6.74. The summed E-state index contributed by atoms with van der Waals surface area (Å²) in [6, 6.07) is 20.4. The van der Waals surface area contributed by atoms with E-state index in [1.54, 1.807) is 72.8 Å². The zero-order chi connectivity index (χ0) is 22.6. The lowest BCUT2D eigenvalue weighted by molar-refractivity contribution is 0.0943. The second-order valence-electron chi connectivity index (χ2n) is 7.58. The van der Waals surface area contributed by atoms with E-state index in [4.69, 9.17) is 11.6 Å². The molecule has 0 radical (unpaired) electrons. The zero-order valence-electron chi connectivity index (χ0n) is 17.7. The summed E-state index contributed by atoms with van der Waals surface area (Å²) in [6.45, 7) is 5.74. The average Bonchev–Trinajstić information content (AvgIpc) is 2.74. The average molecular weight is 457 g/mol. The van der Waals surface area contributed by atoms with Gasteiger partial charge in [-0.3, -0.25) is 9.10 Å². The normalized spacial score (nSPS) is 11.4. The van der Waals surface area contributed by atoms with E-state index < -0.39 is 10.0 Å². The molecular weight excluding hydrogens is 432 g/mol. The highest BCUT2D eigenvalue weighted by Crippen LogP contribution is 2.31. The Morgan fingerprint density at radius 2 is 1.65 bits per heavy atom. The number of aryl methyl sites for hydroxylation is 1. The molecule has 3 rings (SSSR count). The zero-order valence-corrected chi connectivity index (χ0v) is 19.2. The number of amides is 1. The first-order valence-electron chi connectivity index (χ1n) is 9.92. The summed E-state index contributed by atoms with van der Waals surface area (Å²) in [5, 5.41) is 3.30. The Morgan fingerprint density at radius 1 is 1.00 bits per heavy atom. The largest absolute Gasteiger partial charge is 0.350 e. The highest BCUT2D eigenvalue weighted by molar-refractivity contribution is 7.92. The van der Waals surface area contributed by atoms with Crippen molar-refractivity contribution in [3.63, 3.8) is 0 Å². The fraction of sp³-hybridized carbons (Fsp3) is 0.208. The molecule has 0 aliphatic rings. The monoisotopic (exact) mass is 456 g/mol. The van der Waals surface area contributed by atoms with Gasteiger partial charge < -0.3 is 5.32 Å². The van der Waals surface area contributed by atoms with Crippen molar-refractivity contribution < 1.29 is 13.2 Å². The molecule has 0 atom stereocenters. The second kappa shape index (κ2) is 9.54. The van der Waals surface area contributed by atoms with Gasteiger partial charge in [0.15, 0.2) is 0 Å². The number of sulfonamides is 1. The number of benzene rings is 3. The summed E-state index contributed by atoms with van der Waals surface area (Å²) in [6.07, 6.45) is 0. The quantitative estimate of drug-likeness (QED) is 0.532. The van der Waals surface area contributed by atoms with Crippen LogP contribution >= 0.6 is 11.6 Å². The van der Waals surface area contributed by atoms with Crippen LogP contribution in [0.2, 0.25) is 5.02 Å². The lowest BCUT2D eigenvalue weighted by Gasteiger charge is -2.26. The van der Waals surface area contributed by atoms with Crippen molar-refractivity contribution in [3.8, 4) is 0 Å². The number of anilines is 1. The van der Waals surface area contributed by atoms with E-state index in [1.165, 1.54) is 4.31 Å². The van der Waals surface area contributed by atoms with Crippen molar-refractivity contribution in [2.24, 2.45) is 0 Å². The van der Waals surface area contributed by atoms with Crippen LogP contribution in [-0.4, -0.2) is 20.4 Å². The maximum atomic E-state index is 13.5. The summed E-state index contributed by atoms with van der Waals surface area (Å²) < 4.78 is 28.4. The molecule has 1 amide bonds. The number of halogens is 1. The molecule has 0 saturated heterocycles. The SMILES string of the molecule is Cc1ccc(Cl)cc1N(Cc1ccc(C(=O)NC(C)C)cc1)S(=O)(=O)c1ccccc1. The number of hydrogen-bond acceptors (Lipinski definition) is 3. The third-order valence-electron chi connectivity index (χ3n) is 4.73. The molecule has 0 saturated carbocycles. The van der Waals surface area contributed by atoms with Crippen molar-refractivity contribution in [2.75, 3.05) is 4.31 Å². The van der Waals surface area contributed by atoms with Crippen LogP contribution in [0.5, 0.6) is 0 Å². The molecule has 0 aromatic heterocycles. The maximum absolute atomic E-state index is 13.5. The number of carbonyl (C=O) groups is 1. The molecule has 5 nitrogen and oxygen atoms in total. The van der Waals surface area contributed by atoms with E-state index in [0.717, 1.165) is 11.1 Å². The Morgan fingerprint density at radius 3 is 2.26 bits per heavy atom. The molecule has 0 spiro atoms. The van der Waals surface area contributed by atoms with Gasteiger partial charge in [-0.2, -0.15) is 0 Å². The van der Waals surface area contributed by atoms with Crippen LogP contribution in [-0.2, 0) is 16.6 Å². The van der Waals surface area contributed by atoms with Gasteiger partial charge in [-0.15, -0.1) is 0 Å². The topological polar surface area (TPSA) is 66.5 Å². The van der Waals surface area contributed by atoms with Crippen molar-refractivity contribution >= 4 is 33.2 Å². The van der Waals surface area contributed by atoms with E-state index in [2.05, 4.69) is 5.32 Å². The highest BCUT2D eigenvalue weighted by Gasteiger charge is 2.26. The Hall–Kier alpha value is -2.83. The summed E-state index contributed by atoms with van der Waals surface area (Å²) >= 11 is 6.19. The van der Waals surface area contributed by atoms with Gasteiger partial charge in [0, 0.05) is 16.6 Å².